The lowest BCUT2D eigenvalue weighted by atomic mass is 10.1. The summed E-state index contributed by atoms with van der Waals surface area (Å²) in [5.74, 6) is -2.91. The van der Waals surface area contributed by atoms with E-state index in [9.17, 15) is 17.8 Å². The van der Waals surface area contributed by atoms with Gasteiger partial charge in [-0.1, -0.05) is 17.7 Å². The summed E-state index contributed by atoms with van der Waals surface area (Å²) in [5, 5.41) is 8.58. The monoisotopic (exact) mass is 330 g/mol. The Labute approximate surface area is 126 Å². The van der Waals surface area contributed by atoms with Crippen LogP contribution in [-0.2, 0) is 16.6 Å². The highest BCUT2D eigenvalue weighted by Gasteiger charge is 2.13. The van der Waals surface area contributed by atoms with Gasteiger partial charge in [-0.2, -0.15) is 0 Å². The molecule has 1 unspecified atom stereocenters. The van der Waals surface area contributed by atoms with Gasteiger partial charge < -0.3 is 5.11 Å². The number of hydrogen-bond acceptors (Lipinski definition) is 2. The van der Waals surface area contributed by atoms with E-state index in [1.165, 1.54) is 18.2 Å². The topological polar surface area (TPSA) is 54.4 Å². The first-order chi connectivity index (χ1) is 9.88. The Hall–Kier alpha value is -1.79. The largest absolute Gasteiger partial charge is 0.478 e. The maximum Gasteiger partial charge on any atom is 0.338 e. The zero-order chi connectivity index (χ0) is 15.6. The Morgan fingerprint density at radius 2 is 1.86 bits per heavy atom. The van der Waals surface area contributed by atoms with Gasteiger partial charge in [0.1, 0.15) is 11.6 Å². The van der Waals surface area contributed by atoms with E-state index in [1.54, 1.807) is 0 Å². The Bertz CT molecular complexity index is 734. The van der Waals surface area contributed by atoms with E-state index >= 15 is 0 Å². The van der Waals surface area contributed by atoms with Crippen molar-refractivity contribution in [3.8, 4) is 0 Å². The Morgan fingerprint density at radius 1 is 1.14 bits per heavy atom. The number of carboxylic acids is 1. The molecule has 0 saturated heterocycles. The summed E-state index contributed by atoms with van der Waals surface area (Å²) in [6.45, 7) is 0. The summed E-state index contributed by atoms with van der Waals surface area (Å²) in [4.78, 5) is 11.0. The molecule has 1 atom stereocenters. The molecule has 0 amide bonds. The third-order valence-electron chi connectivity index (χ3n) is 2.72. The van der Waals surface area contributed by atoms with Gasteiger partial charge >= 0.3 is 5.97 Å². The number of hydrogen-bond donors (Lipinski definition) is 1. The van der Waals surface area contributed by atoms with Gasteiger partial charge in [0, 0.05) is 4.90 Å². The molecular formula is C14H9ClF2O3S. The van der Waals surface area contributed by atoms with Crippen LogP contribution in [0.1, 0.15) is 15.9 Å². The highest BCUT2D eigenvalue weighted by molar-refractivity contribution is 7.84. The number of aromatic carboxylic acids is 1. The molecular weight excluding hydrogens is 322 g/mol. The SMILES string of the molecule is O=C(O)c1ccc(CS(=O)c2ccc(F)c(Cl)c2)cc1F. The number of benzene rings is 2. The number of rotatable bonds is 4. The van der Waals surface area contributed by atoms with E-state index < -0.39 is 34.0 Å². The molecule has 2 rings (SSSR count). The zero-order valence-electron chi connectivity index (χ0n) is 10.5. The highest BCUT2D eigenvalue weighted by Crippen LogP contribution is 2.21. The van der Waals surface area contributed by atoms with Gasteiger partial charge in [-0.15, -0.1) is 0 Å². The van der Waals surface area contributed by atoms with Gasteiger partial charge in [0.15, 0.2) is 0 Å². The van der Waals surface area contributed by atoms with E-state index in [-0.39, 0.29) is 10.8 Å². The van der Waals surface area contributed by atoms with Gasteiger partial charge in [0.05, 0.1) is 27.1 Å². The van der Waals surface area contributed by atoms with Crippen LogP contribution in [0.5, 0.6) is 0 Å². The minimum Gasteiger partial charge on any atom is -0.478 e. The molecule has 0 saturated carbocycles. The average Bonchev–Trinajstić information content (AvgIpc) is 2.41. The molecule has 0 bridgehead atoms. The van der Waals surface area contributed by atoms with Crippen molar-refractivity contribution in [2.45, 2.75) is 10.6 Å². The zero-order valence-corrected chi connectivity index (χ0v) is 12.0. The van der Waals surface area contributed by atoms with E-state index in [1.807, 2.05) is 0 Å². The van der Waals surface area contributed by atoms with Crippen molar-refractivity contribution in [3.63, 3.8) is 0 Å². The molecule has 0 aliphatic heterocycles. The second-order valence-corrected chi connectivity index (χ2v) is 6.04. The predicted octanol–water partition coefficient (Wildman–Crippen LogP) is 3.62. The van der Waals surface area contributed by atoms with Crippen molar-refractivity contribution in [1.29, 1.82) is 0 Å². The molecule has 0 heterocycles. The molecule has 0 fully saturated rings. The lowest BCUT2D eigenvalue weighted by Crippen LogP contribution is -2.03. The lowest BCUT2D eigenvalue weighted by molar-refractivity contribution is 0.0692. The summed E-state index contributed by atoms with van der Waals surface area (Å²) in [6, 6.07) is 7.20. The third kappa shape index (κ3) is 3.65. The van der Waals surface area contributed by atoms with Crippen LogP contribution in [-0.4, -0.2) is 15.3 Å². The highest BCUT2D eigenvalue weighted by atomic mass is 35.5. The van der Waals surface area contributed by atoms with E-state index in [0.29, 0.717) is 10.5 Å². The van der Waals surface area contributed by atoms with Gasteiger partial charge in [-0.05, 0) is 35.9 Å². The molecule has 21 heavy (non-hydrogen) atoms. The fourth-order valence-electron chi connectivity index (χ4n) is 1.68. The van der Waals surface area contributed by atoms with E-state index in [4.69, 9.17) is 16.7 Å². The van der Waals surface area contributed by atoms with Gasteiger partial charge in [-0.25, -0.2) is 13.6 Å². The summed E-state index contributed by atoms with van der Waals surface area (Å²) in [6.07, 6.45) is 0. The summed E-state index contributed by atoms with van der Waals surface area (Å²) in [5.41, 5.74) is -0.0781. The van der Waals surface area contributed by atoms with Crippen LogP contribution in [0.25, 0.3) is 0 Å². The van der Waals surface area contributed by atoms with E-state index in [2.05, 4.69) is 0 Å². The summed E-state index contributed by atoms with van der Waals surface area (Å²) >= 11 is 5.61. The fraction of sp³-hybridized carbons (Fsp3) is 0.0714. The maximum absolute atomic E-state index is 13.5. The molecule has 0 radical (unpaired) electrons. The first-order valence-corrected chi connectivity index (χ1v) is 7.43. The molecule has 2 aromatic carbocycles. The molecule has 1 N–H and O–H groups in total. The Kier molecular flexibility index (Phi) is 4.69. The van der Waals surface area contributed by atoms with Gasteiger partial charge in [-0.3, -0.25) is 4.21 Å². The van der Waals surface area contributed by atoms with Crippen LogP contribution in [0, 0.1) is 11.6 Å². The van der Waals surface area contributed by atoms with Crippen molar-refractivity contribution in [2.24, 2.45) is 0 Å². The quantitative estimate of drug-likeness (QED) is 0.931. The number of carbonyl (C=O) groups is 1. The van der Waals surface area contributed by atoms with Crippen molar-refractivity contribution in [1.82, 2.24) is 0 Å². The van der Waals surface area contributed by atoms with Crippen molar-refractivity contribution >= 4 is 28.4 Å². The van der Waals surface area contributed by atoms with Gasteiger partial charge in [0.25, 0.3) is 0 Å². The molecule has 0 spiro atoms. The normalized spacial score (nSPS) is 12.1. The first kappa shape index (κ1) is 15.6. The number of carboxylic acid groups (broad SMARTS) is 1. The second-order valence-electron chi connectivity index (χ2n) is 4.19. The standard InChI is InChI=1S/C14H9ClF2O3S/c15-11-6-9(2-4-12(11)16)21(20)7-8-1-3-10(14(18)19)13(17)5-8/h1-6H,7H2,(H,18,19). The Balaban J connectivity index is 2.21. The molecule has 7 heteroatoms. The van der Waals surface area contributed by atoms with Crippen LogP contribution < -0.4 is 0 Å². The smallest absolute Gasteiger partial charge is 0.338 e. The molecule has 2 aromatic rings. The third-order valence-corrected chi connectivity index (χ3v) is 4.38. The van der Waals surface area contributed by atoms with E-state index in [0.717, 1.165) is 18.2 Å². The second kappa shape index (κ2) is 6.32. The number of halogens is 3. The fourth-order valence-corrected chi connectivity index (χ4v) is 3.04. The van der Waals surface area contributed by atoms with Crippen LogP contribution >= 0.6 is 11.6 Å². The summed E-state index contributed by atoms with van der Waals surface area (Å²) < 4.78 is 38.6. The van der Waals surface area contributed by atoms with Crippen molar-refractivity contribution in [2.75, 3.05) is 0 Å². The Morgan fingerprint density at radius 3 is 2.43 bits per heavy atom. The summed E-state index contributed by atoms with van der Waals surface area (Å²) in [7, 11) is -1.54. The molecule has 110 valence electrons. The van der Waals surface area contributed by atoms with Gasteiger partial charge in [0.2, 0.25) is 0 Å². The lowest BCUT2D eigenvalue weighted by Gasteiger charge is -2.05. The minimum atomic E-state index is -1.54. The molecule has 0 aromatic heterocycles. The first-order valence-electron chi connectivity index (χ1n) is 5.73. The van der Waals surface area contributed by atoms with Crippen molar-refractivity contribution < 1.29 is 22.9 Å². The molecule has 3 nitrogen and oxygen atoms in total. The van der Waals surface area contributed by atoms with Crippen molar-refractivity contribution in [3.05, 3.63) is 64.2 Å². The van der Waals surface area contributed by atoms with Crippen LogP contribution in [0.15, 0.2) is 41.3 Å². The molecule has 0 aliphatic carbocycles. The van der Waals surface area contributed by atoms with Crippen LogP contribution in [0.2, 0.25) is 5.02 Å². The minimum absolute atomic E-state index is 0.0290. The van der Waals surface area contributed by atoms with Crippen LogP contribution in [0.4, 0.5) is 8.78 Å². The van der Waals surface area contributed by atoms with Crippen LogP contribution in [0.3, 0.4) is 0 Å². The molecule has 0 aliphatic rings. The maximum atomic E-state index is 13.5. The average molecular weight is 331 g/mol. The predicted molar refractivity (Wildman–Crippen MR) is 74.9 cm³/mol.